The third-order valence-corrected chi connectivity index (χ3v) is 9.60. The number of rotatable bonds is 6. The zero-order chi connectivity index (χ0) is 25.1. The number of hydrogen-bond acceptors (Lipinski definition) is 3. The van der Waals surface area contributed by atoms with E-state index in [1.807, 2.05) is 24.4 Å². The largest absolute Gasteiger partial charge is 0.366 e. The third-order valence-electron chi connectivity index (χ3n) is 9.60. The standard InChI is InChI=1S/C31H33FN4O/c32-22-7-8-26-25(17-22)24(12-15-34-26)19-10-13-31(14-11-19,21-5-6-21)18-29-35-27-16-20(30(33)37)4-9-28(27)36(29)23-2-1-3-23/h4,7-9,12,15-17,19,21,23H,1-3,5-6,10-11,13-14,18H2,(H2,33,37). The van der Waals surface area contributed by atoms with Crippen LogP contribution in [0.1, 0.15) is 91.5 Å². The van der Waals surface area contributed by atoms with Crippen molar-refractivity contribution in [3.8, 4) is 0 Å². The fourth-order valence-electron chi connectivity index (χ4n) is 7.22. The highest BCUT2D eigenvalue weighted by Gasteiger charge is 2.48. The van der Waals surface area contributed by atoms with Gasteiger partial charge in [-0.25, -0.2) is 9.37 Å². The number of carbonyl (C=O) groups excluding carboxylic acids is 1. The Balaban J connectivity index is 1.21. The summed E-state index contributed by atoms with van der Waals surface area (Å²) in [4.78, 5) is 21.4. The van der Waals surface area contributed by atoms with Crippen LogP contribution < -0.4 is 5.73 Å². The van der Waals surface area contributed by atoms with Crippen molar-refractivity contribution in [3.63, 3.8) is 0 Å². The van der Waals surface area contributed by atoms with Gasteiger partial charge in [0.25, 0.3) is 0 Å². The quantitative estimate of drug-likeness (QED) is 0.317. The minimum absolute atomic E-state index is 0.195. The number of hydrogen-bond donors (Lipinski definition) is 1. The molecule has 0 atom stereocenters. The van der Waals surface area contributed by atoms with Gasteiger partial charge in [-0.05, 0) is 123 Å². The molecule has 3 saturated carbocycles. The lowest BCUT2D eigenvalue weighted by atomic mass is 9.64. The first-order valence-corrected chi connectivity index (χ1v) is 13.9. The zero-order valence-electron chi connectivity index (χ0n) is 21.1. The van der Waals surface area contributed by atoms with Crippen LogP contribution in [0.25, 0.3) is 21.9 Å². The Morgan fingerprint density at radius 2 is 1.81 bits per heavy atom. The van der Waals surface area contributed by atoms with Gasteiger partial charge in [-0.2, -0.15) is 0 Å². The van der Waals surface area contributed by atoms with Gasteiger partial charge in [0, 0.05) is 29.6 Å². The third kappa shape index (κ3) is 3.92. The normalized spacial score (nSPS) is 24.4. The molecule has 5 nitrogen and oxygen atoms in total. The lowest BCUT2D eigenvalue weighted by Gasteiger charge is -2.42. The highest BCUT2D eigenvalue weighted by molar-refractivity contribution is 5.96. The molecule has 0 spiro atoms. The predicted molar refractivity (Wildman–Crippen MR) is 143 cm³/mol. The zero-order valence-corrected chi connectivity index (χ0v) is 21.1. The van der Waals surface area contributed by atoms with Crippen LogP contribution in [-0.2, 0) is 6.42 Å². The van der Waals surface area contributed by atoms with Crippen LogP contribution in [0.5, 0.6) is 0 Å². The van der Waals surface area contributed by atoms with Crippen molar-refractivity contribution in [2.75, 3.05) is 0 Å². The highest BCUT2D eigenvalue weighted by atomic mass is 19.1. The summed E-state index contributed by atoms with van der Waals surface area (Å²) in [6.07, 6.45) is 13.7. The average Bonchev–Trinajstić information content (AvgIpc) is 3.67. The van der Waals surface area contributed by atoms with Gasteiger partial charge in [0.05, 0.1) is 16.6 Å². The Bertz CT molecular complexity index is 1510. The molecule has 0 bridgehead atoms. The Morgan fingerprint density at radius 3 is 2.51 bits per heavy atom. The van der Waals surface area contributed by atoms with E-state index in [1.54, 1.807) is 12.1 Å². The van der Waals surface area contributed by atoms with Crippen molar-refractivity contribution in [3.05, 3.63) is 71.4 Å². The molecular weight excluding hydrogens is 463 g/mol. The van der Waals surface area contributed by atoms with Gasteiger partial charge in [0.1, 0.15) is 11.6 Å². The molecule has 3 fully saturated rings. The van der Waals surface area contributed by atoms with Crippen molar-refractivity contribution in [2.24, 2.45) is 17.1 Å². The van der Waals surface area contributed by atoms with Crippen LogP contribution in [0.3, 0.4) is 0 Å². The molecule has 4 aromatic rings. The topological polar surface area (TPSA) is 73.8 Å². The number of nitrogens with two attached hydrogens (primary N) is 1. The molecule has 3 aliphatic carbocycles. The van der Waals surface area contributed by atoms with Crippen LogP contribution in [-0.4, -0.2) is 20.4 Å². The predicted octanol–water partition coefficient (Wildman–Crippen LogP) is 6.84. The summed E-state index contributed by atoms with van der Waals surface area (Å²) in [7, 11) is 0. The molecule has 0 unspecified atom stereocenters. The van der Waals surface area contributed by atoms with Gasteiger partial charge in [-0.1, -0.05) is 0 Å². The monoisotopic (exact) mass is 496 g/mol. The summed E-state index contributed by atoms with van der Waals surface area (Å²) in [6, 6.07) is 13.3. The number of nitrogens with zero attached hydrogens (tertiary/aromatic N) is 3. The summed E-state index contributed by atoms with van der Waals surface area (Å²) in [5.41, 5.74) is 10.5. The Labute approximate surface area is 216 Å². The molecule has 7 rings (SSSR count). The summed E-state index contributed by atoms with van der Waals surface area (Å²) >= 11 is 0. The van der Waals surface area contributed by atoms with Gasteiger partial charge in [0.15, 0.2) is 0 Å². The molecule has 0 aliphatic heterocycles. The first kappa shape index (κ1) is 22.9. The number of fused-ring (bicyclic) bond motifs is 2. The van der Waals surface area contributed by atoms with E-state index in [4.69, 9.17) is 10.7 Å². The van der Waals surface area contributed by atoms with Crippen LogP contribution >= 0.6 is 0 Å². The Hall–Kier alpha value is -3.28. The lowest BCUT2D eigenvalue weighted by Crippen LogP contribution is -2.33. The van der Waals surface area contributed by atoms with E-state index < -0.39 is 5.91 Å². The number of halogens is 1. The summed E-state index contributed by atoms with van der Waals surface area (Å²) < 4.78 is 16.6. The van der Waals surface area contributed by atoms with Gasteiger partial charge >= 0.3 is 0 Å². The summed E-state index contributed by atoms with van der Waals surface area (Å²) in [5.74, 6) is 1.78. The number of primary amides is 1. The van der Waals surface area contributed by atoms with E-state index in [9.17, 15) is 9.18 Å². The van der Waals surface area contributed by atoms with Crippen molar-refractivity contribution < 1.29 is 9.18 Å². The average molecular weight is 497 g/mol. The number of imidazole rings is 1. The van der Waals surface area contributed by atoms with Crippen LogP contribution in [0, 0.1) is 17.2 Å². The van der Waals surface area contributed by atoms with Crippen molar-refractivity contribution >= 4 is 27.8 Å². The molecule has 6 heteroatoms. The molecule has 2 aromatic carbocycles. The summed E-state index contributed by atoms with van der Waals surface area (Å²) in [6.45, 7) is 0. The molecule has 0 saturated heterocycles. The second kappa shape index (κ2) is 8.64. The van der Waals surface area contributed by atoms with Crippen LogP contribution in [0.15, 0.2) is 48.7 Å². The first-order chi connectivity index (χ1) is 18.0. The van der Waals surface area contributed by atoms with Gasteiger partial charge in [-0.3, -0.25) is 9.78 Å². The number of aromatic nitrogens is 3. The van der Waals surface area contributed by atoms with E-state index >= 15 is 0 Å². The Kier molecular flexibility index (Phi) is 5.34. The lowest BCUT2D eigenvalue weighted by molar-refractivity contribution is 0.100. The molecule has 1 amide bonds. The minimum Gasteiger partial charge on any atom is -0.366 e. The minimum atomic E-state index is -0.405. The summed E-state index contributed by atoms with van der Waals surface area (Å²) in [5, 5.41) is 0.962. The van der Waals surface area contributed by atoms with E-state index in [0.717, 1.165) is 47.1 Å². The van der Waals surface area contributed by atoms with E-state index in [2.05, 4.69) is 15.6 Å². The molecule has 190 valence electrons. The second-order valence-electron chi connectivity index (χ2n) is 11.7. The van der Waals surface area contributed by atoms with Crippen molar-refractivity contribution in [1.82, 2.24) is 14.5 Å². The fourth-order valence-corrected chi connectivity index (χ4v) is 7.22. The fraction of sp³-hybridized carbons (Fsp3) is 0.452. The highest BCUT2D eigenvalue weighted by Crippen LogP contribution is 2.58. The SMILES string of the molecule is NC(=O)c1ccc2c(c1)nc(CC1(C3CC3)CCC(c3ccnc4ccc(F)cc34)CC1)n2C1CCC1. The van der Waals surface area contributed by atoms with Gasteiger partial charge < -0.3 is 10.3 Å². The molecule has 2 aromatic heterocycles. The maximum absolute atomic E-state index is 14.1. The second-order valence-corrected chi connectivity index (χ2v) is 11.7. The number of benzene rings is 2. The number of carbonyl (C=O) groups is 1. The van der Waals surface area contributed by atoms with E-state index in [0.29, 0.717) is 17.5 Å². The molecule has 2 N–H and O–H groups in total. The molecule has 37 heavy (non-hydrogen) atoms. The molecule has 2 heterocycles. The van der Waals surface area contributed by atoms with E-state index in [1.165, 1.54) is 62.4 Å². The van der Waals surface area contributed by atoms with Crippen LogP contribution in [0.2, 0.25) is 0 Å². The van der Waals surface area contributed by atoms with E-state index in [-0.39, 0.29) is 11.2 Å². The van der Waals surface area contributed by atoms with Crippen molar-refractivity contribution in [2.45, 2.75) is 76.2 Å². The van der Waals surface area contributed by atoms with Crippen LogP contribution in [0.4, 0.5) is 4.39 Å². The smallest absolute Gasteiger partial charge is 0.248 e. The molecule has 0 radical (unpaired) electrons. The maximum atomic E-state index is 14.1. The van der Waals surface area contributed by atoms with Gasteiger partial charge in [0.2, 0.25) is 5.91 Å². The first-order valence-electron chi connectivity index (χ1n) is 13.9. The Morgan fingerprint density at radius 1 is 1.00 bits per heavy atom. The molecular formula is C31H33FN4O. The number of pyridine rings is 1. The van der Waals surface area contributed by atoms with Crippen molar-refractivity contribution in [1.29, 1.82) is 0 Å². The molecule has 3 aliphatic rings. The maximum Gasteiger partial charge on any atom is 0.248 e. The number of amides is 1. The van der Waals surface area contributed by atoms with Gasteiger partial charge in [-0.15, -0.1) is 0 Å².